The smallest absolute Gasteiger partial charge is 0.311 e. The molecule has 1 aromatic heterocycles. The number of ether oxygens (including phenoxy) is 2. The van der Waals surface area contributed by atoms with Gasteiger partial charge in [-0.05, 0) is 44.6 Å². The molecule has 0 bridgehead atoms. The van der Waals surface area contributed by atoms with Gasteiger partial charge in [-0.25, -0.2) is 9.97 Å². The predicted molar refractivity (Wildman–Crippen MR) is 121 cm³/mol. The van der Waals surface area contributed by atoms with Crippen LogP contribution in [0.2, 0.25) is 0 Å². The molecule has 1 heterocycles. The second-order valence-electron chi connectivity index (χ2n) is 7.38. The van der Waals surface area contributed by atoms with Crippen molar-refractivity contribution in [3.05, 3.63) is 54.4 Å². The molecule has 2 rings (SSSR count). The van der Waals surface area contributed by atoms with Gasteiger partial charge in [-0.15, -0.1) is 0 Å². The van der Waals surface area contributed by atoms with Gasteiger partial charge < -0.3 is 9.47 Å². The first-order valence-corrected chi connectivity index (χ1v) is 11.0. The van der Waals surface area contributed by atoms with Crippen molar-refractivity contribution in [2.45, 2.75) is 71.8 Å². The van der Waals surface area contributed by atoms with Gasteiger partial charge in [-0.3, -0.25) is 9.59 Å². The molecule has 1 unspecified atom stereocenters. The zero-order valence-corrected chi connectivity index (χ0v) is 18.7. The topological polar surface area (TPSA) is 78.4 Å². The fourth-order valence-electron chi connectivity index (χ4n) is 2.91. The summed E-state index contributed by atoms with van der Waals surface area (Å²) in [6, 6.07) is 7.97. The molecule has 1 aromatic carbocycles. The first-order chi connectivity index (χ1) is 15.0. The van der Waals surface area contributed by atoms with E-state index in [-0.39, 0.29) is 18.0 Å². The van der Waals surface area contributed by atoms with Crippen LogP contribution in [-0.4, -0.2) is 28.0 Å². The third-order valence-electron chi connectivity index (χ3n) is 4.69. The van der Waals surface area contributed by atoms with Gasteiger partial charge in [0.15, 0.2) is 11.6 Å². The molecule has 0 spiro atoms. The molecule has 0 aliphatic carbocycles. The number of carbonyl (C=O) groups is 2. The van der Waals surface area contributed by atoms with Gasteiger partial charge >= 0.3 is 11.9 Å². The molecule has 0 amide bonds. The number of rotatable bonds is 12. The summed E-state index contributed by atoms with van der Waals surface area (Å²) in [6.45, 7) is 5.78. The Labute approximate surface area is 184 Å². The molecule has 0 saturated carbocycles. The lowest BCUT2D eigenvalue weighted by atomic mass is 10.1. The van der Waals surface area contributed by atoms with Gasteiger partial charge in [0.1, 0.15) is 0 Å². The molecule has 2 aromatic rings. The Morgan fingerprint density at radius 3 is 2.39 bits per heavy atom. The highest BCUT2D eigenvalue weighted by atomic mass is 16.5. The molecule has 0 saturated heterocycles. The van der Waals surface area contributed by atoms with Crippen molar-refractivity contribution in [1.82, 2.24) is 9.97 Å². The Morgan fingerprint density at radius 2 is 1.74 bits per heavy atom. The van der Waals surface area contributed by atoms with Gasteiger partial charge in [0.05, 0.1) is 18.5 Å². The minimum Gasteiger partial charge on any atom is -0.463 e. The minimum atomic E-state index is -0.274. The summed E-state index contributed by atoms with van der Waals surface area (Å²) in [4.78, 5) is 31.9. The Balaban J connectivity index is 1.82. The number of hydrogen-bond acceptors (Lipinski definition) is 6. The number of aromatic nitrogens is 2. The highest BCUT2D eigenvalue weighted by molar-refractivity contribution is 5.72. The summed E-state index contributed by atoms with van der Waals surface area (Å²) in [6.07, 6.45) is 12.1. The molecule has 0 radical (unpaired) electrons. The van der Waals surface area contributed by atoms with Crippen molar-refractivity contribution < 1.29 is 19.1 Å². The van der Waals surface area contributed by atoms with Crippen molar-refractivity contribution in [1.29, 1.82) is 0 Å². The number of unbranched alkanes of at least 4 members (excludes halogenated alkanes) is 1. The lowest BCUT2D eigenvalue weighted by molar-refractivity contribution is -0.148. The van der Waals surface area contributed by atoms with Crippen LogP contribution in [0.3, 0.4) is 0 Å². The van der Waals surface area contributed by atoms with E-state index in [1.807, 2.05) is 31.2 Å². The maximum absolute atomic E-state index is 11.9. The molecule has 0 aliphatic rings. The first kappa shape index (κ1) is 24.3. The van der Waals surface area contributed by atoms with Gasteiger partial charge in [-0.1, -0.05) is 50.3 Å². The highest BCUT2D eigenvalue weighted by Gasteiger charge is 2.09. The summed E-state index contributed by atoms with van der Waals surface area (Å²) in [5.74, 6) is 0.481. The maximum Gasteiger partial charge on any atom is 0.311 e. The molecule has 1 atom stereocenters. The van der Waals surface area contributed by atoms with E-state index in [0.29, 0.717) is 24.4 Å². The van der Waals surface area contributed by atoms with Crippen LogP contribution in [0, 0.1) is 0 Å². The fourth-order valence-corrected chi connectivity index (χ4v) is 2.91. The molecule has 31 heavy (non-hydrogen) atoms. The number of nitrogens with zero attached hydrogens (tertiary/aromatic N) is 2. The zero-order valence-electron chi connectivity index (χ0n) is 18.7. The lowest BCUT2D eigenvalue weighted by Gasteiger charge is -2.12. The number of allylic oxidation sites excluding steroid dienone is 2. The first-order valence-electron chi connectivity index (χ1n) is 11.0. The van der Waals surface area contributed by atoms with Crippen molar-refractivity contribution >= 4 is 11.9 Å². The van der Waals surface area contributed by atoms with Gasteiger partial charge in [0.2, 0.25) is 0 Å². The van der Waals surface area contributed by atoms with E-state index in [0.717, 1.165) is 43.2 Å². The van der Waals surface area contributed by atoms with Crippen molar-refractivity contribution in [3.63, 3.8) is 0 Å². The fraction of sp³-hybridized carbons (Fsp3) is 0.440. The van der Waals surface area contributed by atoms with E-state index in [4.69, 9.17) is 9.47 Å². The lowest BCUT2D eigenvalue weighted by Crippen LogP contribution is -2.14. The average Bonchev–Trinajstić information content (AvgIpc) is 2.78. The van der Waals surface area contributed by atoms with Crippen LogP contribution >= 0.6 is 0 Å². The van der Waals surface area contributed by atoms with Gasteiger partial charge in [0.25, 0.3) is 0 Å². The van der Waals surface area contributed by atoms with Gasteiger partial charge in [0, 0.05) is 18.4 Å². The quantitative estimate of drug-likeness (QED) is 0.256. The normalized spacial score (nSPS) is 12.0. The molecule has 0 fully saturated rings. The molecule has 0 N–H and O–H groups in total. The van der Waals surface area contributed by atoms with Crippen LogP contribution in [0.25, 0.3) is 11.4 Å². The summed E-state index contributed by atoms with van der Waals surface area (Å²) >= 11 is 0. The predicted octanol–water partition coefficient (Wildman–Crippen LogP) is 5.46. The molecule has 0 aliphatic heterocycles. The maximum atomic E-state index is 11.9. The monoisotopic (exact) mass is 424 g/mol. The van der Waals surface area contributed by atoms with E-state index in [1.54, 1.807) is 6.92 Å². The number of esters is 2. The second kappa shape index (κ2) is 13.3. The highest BCUT2D eigenvalue weighted by Crippen LogP contribution is 2.19. The number of hydrogen-bond donors (Lipinski definition) is 0. The van der Waals surface area contributed by atoms with Crippen LogP contribution in [-0.2, 0) is 20.7 Å². The van der Waals surface area contributed by atoms with Crippen molar-refractivity contribution in [2.75, 3.05) is 0 Å². The second-order valence-corrected chi connectivity index (χ2v) is 7.38. The standard InChI is InChI=1S/C25H32N2O4/c1-4-6-7-8-9-10-24(29)31-22-17-26-25(27-18-22)21-15-13-20(14-16-21)12-11-19(3)30-23(28)5-2/h6-7,13-19H,4-5,8-12H2,1-3H3. The third kappa shape index (κ3) is 9.11. The summed E-state index contributed by atoms with van der Waals surface area (Å²) in [7, 11) is 0. The summed E-state index contributed by atoms with van der Waals surface area (Å²) < 4.78 is 10.6. The van der Waals surface area contributed by atoms with E-state index >= 15 is 0 Å². The molecule has 6 nitrogen and oxygen atoms in total. The van der Waals surface area contributed by atoms with Crippen molar-refractivity contribution in [2.24, 2.45) is 0 Å². The van der Waals surface area contributed by atoms with E-state index in [1.165, 1.54) is 12.4 Å². The van der Waals surface area contributed by atoms with E-state index in [2.05, 4.69) is 29.0 Å². The van der Waals surface area contributed by atoms with Crippen molar-refractivity contribution in [3.8, 4) is 17.1 Å². The Morgan fingerprint density at radius 1 is 1.03 bits per heavy atom. The average molecular weight is 425 g/mol. The molecule has 6 heteroatoms. The number of benzene rings is 1. The molecule has 166 valence electrons. The summed E-state index contributed by atoms with van der Waals surface area (Å²) in [5.41, 5.74) is 2.04. The Bertz CT molecular complexity index is 845. The minimum absolute atomic E-state index is 0.0986. The summed E-state index contributed by atoms with van der Waals surface area (Å²) in [5, 5.41) is 0. The number of carbonyl (C=O) groups excluding carboxylic acids is 2. The van der Waals surface area contributed by atoms with Crippen LogP contribution in [0.15, 0.2) is 48.8 Å². The number of aryl methyl sites for hydroxylation is 1. The Kier molecular flexibility index (Phi) is 10.4. The van der Waals surface area contributed by atoms with Crippen LogP contribution < -0.4 is 4.74 Å². The van der Waals surface area contributed by atoms with Gasteiger partial charge in [-0.2, -0.15) is 0 Å². The molecular weight excluding hydrogens is 392 g/mol. The van der Waals surface area contributed by atoms with E-state index < -0.39 is 0 Å². The third-order valence-corrected chi connectivity index (χ3v) is 4.69. The Hall–Kier alpha value is -3.02. The SMILES string of the molecule is CCC=CCCCC(=O)Oc1cnc(-c2ccc(CCC(C)OC(=O)CC)cc2)nc1. The largest absolute Gasteiger partial charge is 0.463 e. The zero-order chi connectivity index (χ0) is 22.5. The van der Waals surface area contributed by atoms with Crippen LogP contribution in [0.4, 0.5) is 0 Å². The van der Waals surface area contributed by atoms with E-state index in [9.17, 15) is 9.59 Å². The van der Waals surface area contributed by atoms with Crippen LogP contribution in [0.5, 0.6) is 5.75 Å². The molecular formula is C25H32N2O4. The van der Waals surface area contributed by atoms with Crippen LogP contribution in [0.1, 0.15) is 64.9 Å².